The Morgan fingerprint density at radius 3 is 2.80 bits per heavy atom. The average molecular weight is 412 g/mol. The second-order valence-corrected chi connectivity index (χ2v) is 9.09. The van der Waals surface area contributed by atoms with E-state index in [4.69, 9.17) is 9.15 Å². The molecule has 30 heavy (non-hydrogen) atoms. The lowest BCUT2D eigenvalue weighted by Gasteiger charge is -2.58. The molecule has 2 aromatic heterocycles. The Hall–Kier alpha value is -2.61. The fourth-order valence-electron chi connectivity index (χ4n) is 5.80. The van der Waals surface area contributed by atoms with Gasteiger partial charge in [-0.1, -0.05) is 6.92 Å². The standard InChI is InChI=1S/C22H28N4O4/c1-2-4-30-20-17(11-23-21(26-20)24-16-3-5-29-12-16)19(27)25-18-14-6-13-7-15(18)10-22(28,8-13)9-14/h3,5,11-15,18,28H,2,4,6-10H2,1H3,(H,25,27)(H,23,24,26). The van der Waals surface area contributed by atoms with E-state index in [2.05, 4.69) is 20.6 Å². The van der Waals surface area contributed by atoms with Gasteiger partial charge in [0.15, 0.2) is 0 Å². The molecule has 2 aromatic rings. The first-order chi connectivity index (χ1) is 14.5. The molecule has 4 saturated carbocycles. The Balaban J connectivity index is 1.34. The SMILES string of the molecule is CCCOc1nc(Nc2ccoc2)ncc1C(=O)NC1C2CC3CC1CC(O)(C3)C2. The first-order valence-corrected chi connectivity index (χ1v) is 10.9. The van der Waals surface area contributed by atoms with Gasteiger partial charge in [0, 0.05) is 12.2 Å². The molecule has 4 fully saturated rings. The highest BCUT2D eigenvalue weighted by Gasteiger charge is 2.55. The van der Waals surface area contributed by atoms with Gasteiger partial charge in [0.1, 0.15) is 11.8 Å². The highest BCUT2D eigenvalue weighted by Crippen LogP contribution is 2.55. The van der Waals surface area contributed by atoms with Gasteiger partial charge in [-0.3, -0.25) is 4.79 Å². The van der Waals surface area contributed by atoms with Crippen molar-refractivity contribution >= 4 is 17.5 Å². The molecule has 4 aliphatic rings. The van der Waals surface area contributed by atoms with Crippen molar-refractivity contribution in [2.45, 2.75) is 57.1 Å². The van der Waals surface area contributed by atoms with Crippen LogP contribution in [0.15, 0.2) is 29.2 Å². The Bertz CT molecular complexity index is 900. The summed E-state index contributed by atoms with van der Waals surface area (Å²) in [4.78, 5) is 21.9. The largest absolute Gasteiger partial charge is 0.477 e. The van der Waals surface area contributed by atoms with E-state index in [9.17, 15) is 9.90 Å². The molecule has 2 atom stereocenters. The van der Waals surface area contributed by atoms with Crippen molar-refractivity contribution in [3.8, 4) is 5.88 Å². The highest BCUT2D eigenvalue weighted by atomic mass is 16.5. The smallest absolute Gasteiger partial charge is 0.258 e. The van der Waals surface area contributed by atoms with Crippen molar-refractivity contribution in [3.63, 3.8) is 0 Å². The van der Waals surface area contributed by atoms with Crippen molar-refractivity contribution in [2.75, 3.05) is 11.9 Å². The van der Waals surface area contributed by atoms with E-state index in [-0.39, 0.29) is 17.8 Å². The predicted octanol–water partition coefficient (Wildman–Crippen LogP) is 3.27. The van der Waals surface area contributed by atoms with Gasteiger partial charge in [-0.25, -0.2) is 4.98 Å². The lowest BCUT2D eigenvalue weighted by Crippen LogP contribution is -2.61. The average Bonchev–Trinajstić information content (AvgIpc) is 3.21. The molecule has 8 heteroatoms. The Morgan fingerprint density at radius 1 is 1.33 bits per heavy atom. The number of carbonyl (C=O) groups is 1. The molecule has 160 valence electrons. The summed E-state index contributed by atoms with van der Waals surface area (Å²) in [6.07, 6.45) is 10.1. The van der Waals surface area contributed by atoms with E-state index in [0.29, 0.717) is 35.9 Å². The van der Waals surface area contributed by atoms with Crippen molar-refractivity contribution in [1.29, 1.82) is 0 Å². The molecule has 4 aliphatic carbocycles. The second kappa shape index (κ2) is 7.58. The van der Waals surface area contributed by atoms with Crippen molar-refractivity contribution in [3.05, 3.63) is 30.4 Å². The molecule has 1 amide bonds. The molecule has 0 radical (unpaired) electrons. The zero-order valence-electron chi connectivity index (χ0n) is 17.1. The number of aliphatic hydroxyl groups is 1. The number of hydrogen-bond acceptors (Lipinski definition) is 7. The van der Waals surface area contributed by atoms with E-state index in [1.165, 1.54) is 6.20 Å². The molecule has 2 heterocycles. The minimum Gasteiger partial charge on any atom is -0.477 e. The zero-order valence-corrected chi connectivity index (χ0v) is 17.1. The fourth-order valence-corrected chi connectivity index (χ4v) is 5.80. The second-order valence-electron chi connectivity index (χ2n) is 9.09. The molecule has 3 N–H and O–H groups in total. The van der Waals surface area contributed by atoms with Crippen LogP contribution in [0, 0.1) is 17.8 Å². The topological polar surface area (TPSA) is 110 Å². The van der Waals surface area contributed by atoms with Crippen LogP contribution in [0.5, 0.6) is 5.88 Å². The van der Waals surface area contributed by atoms with Gasteiger partial charge in [-0.05, 0) is 62.3 Å². The summed E-state index contributed by atoms with van der Waals surface area (Å²) >= 11 is 0. The molecule has 2 unspecified atom stereocenters. The minimum atomic E-state index is -0.517. The molecule has 0 saturated heterocycles. The normalized spacial score (nSPS) is 31.5. The maximum absolute atomic E-state index is 13.2. The summed E-state index contributed by atoms with van der Waals surface area (Å²) < 4.78 is 10.8. The summed E-state index contributed by atoms with van der Waals surface area (Å²) in [6.45, 7) is 2.47. The summed E-state index contributed by atoms with van der Waals surface area (Å²) in [5.74, 6) is 1.69. The number of hydrogen-bond donors (Lipinski definition) is 3. The molecule has 0 aliphatic heterocycles. The number of ether oxygens (including phenoxy) is 1. The number of carbonyl (C=O) groups excluding carboxylic acids is 1. The van der Waals surface area contributed by atoms with Gasteiger partial charge in [-0.2, -0.15) is 4.98 Å². The van der Waals surface area contributed by atoms with Crippen LogP contribution in [0.2, 0.25) is 0 Å². The first-order valence-electron chi connectivity index (χ1n) is 10.9. The zero-order chi connectivity index (χ0) is 20.7. The van der Waals surface area contributed by atoms with E-state index in [1.807, 2.05) is 6.92 Å². The van der Waals surface area contributed by atoms with Crippen LogP contribution in [-0.4, -0.2) is 39.2 Å². The molecule has 4 bridgehead atoms. The van der Waals surface area contributed by atoms with Crippen LogP contribution >= 0.6 is 0 Å². The first kappa shape index (κ1) is 19.4. The van der Waals surface area contributed by atoms with Gasteiger partial charge >= 0.3 is 0 Å². The quantitative estimate of drug-likeness (QED) is 0.640. The number of nitrogens with zero attached hydrogens (tertiary/aromatic N) is 2. The van der Waals surface area contributed by atoms with Crippen LogP contribution in [0.4, 0.5) is 11.6 Å². The lowest BCUT2D eigenvalue weighted by atomic mass is 9.52. The van der Waals surface area contributed by atoms with Gasteiger partial charge in [0.2, 0.25) is 11.8 Å². The minimum absolute atomic E-state index is 0.0945. The molecule has 8 nitrogen and oxygen atoms in total. The van der Waals surface area contributed by atoms with Crippen LogP contribution in [0.25, 0.3) is 0 Å². The number of rotatable bonds is 7. The summed E-state index contributed by atoms with van der Waals surface area (Å²) in [7, 11) is 0. The van der Waals surface area contributed by atoms with E-state index in [0.717, 1.165) is 44.2 Å². The number of amides is 1. The third-order valence-corrected chi connectivity index (χ3v) is 6.76. The van der Waals surface area contributed by atoms with Crippen molar-refractivity contribution < 1.29 is 19.1 Å². The van der Waals surface area contributed by atoms with Gasteiger partial charge < -0.3 is 24.9 Å². The number of anilines is 2. The van der Waals surface area contributed by atoms with Crippen molar-refractivity contribution in [1.82, 2.24) is 15.3 Å². The highest BCUT2D eigenvalue weighted by molar-refractivity contribution is 5.96. The maximum atomic E-state index is 13.2. The van der Waals surface area contributed by atoms with Gasteiger partial charge in [0.05, 0.1) is 24.2 Å². The van der Waals surface area contributed by atoms with Crippen molar-refractivity contribution in [2.24, 2.45) is 17.8 Å². The number of aromatic nitrogens is 2. The summed E-state index contributed by atoms with van der Waals surface area (Å²) in [6, 6.07) is 1.86. The van der Waals surface area contributed by atoms with Crippen LogP contribution in [0.1, 0.15) is 55.8 Å². The molecular weight excluding hydrogens is 384 g/mol. The molecular formula is C22H28N4O4. The molecule has 6 rings (SSSR count). The number of nitrogens with one attached hydrogen (secondary N) is 2. The number of furan rings is 1. The third kappa shape index (κ3) is 3.64. The Kier molecular flexibility index (Phi) is 4.89. The lowest BCUT2D eigenvalue weighted by molar-refractivity contribution is -0.136. The Morgan fingerprint density at radius 2 is 2.13 bits per heavy atom. The summed E-state index contributed by atoms with van der Waals surface area (Å²) in [5, 5.41) is 17.1. The predicted molar refractivity (Wildman–Crippen MR) is 110 cm³/mol. The van der Waals surface area contributed by atoms with E-state index in [1.54, 1.807) is 18.6 Å². The summed E-state index contributed by atoms with van der Waals surface area (Å²) in [5.41, 5.74) is 0.547. The van der Waals surface area contributed by atoms with Crippen LogP contribution in [0.3, 0.4) is 0 Å². The maximum Gasteiger partial charge on any atom is 0.258 e. The van der Waals surface area contributed by atoms with Crippen LogP contribution < -0.4 is 15.4 Å². The monoisotopic (exact) mass is 412 g/mol. The Labute approximate surface area is 175 Å². The van der Waals surface area contributed by atoms with Crippen LogP contribution in [-0.2, 0) is 0 Å². The van der Waals surface area contributed by atoms with E-state index < -0.39 is 5.60 Å². The molecule has 0 spiro atoms. The van der Waals surface area contributed by atoms with Gasteiger partial charge in [-0.15, -0.1) is 0 Å². The van der Waals surface area contributed by atoms with E-state index >= 15 is 0 Å². The molecule has 0 aromatic carbocycles. The fraction of sp³-hybridized carbons (Fsp3) is 0.591. The van der Waals surface area contributed by atoms with Gasteiger partial charge in [0.25, 0.3) is 5.91 Å². The third-order valence-electron chi connectivity index (χ3n) is 6.76.